The first kappa shape index (κ1) is 9.34. The van der Waals surface area contributed by atoms with Crippen molar-refractivity contribution in [2.45, 2.75) is 13.3 Å². The van der Waals surface area contributed by atoms with E-state index in [2.05, 4.69) is 4.98 Å². The summed E-state index contributed by atoms with van der Waals surface area (Å²) >= 11 is 5.58. The van der Waals surface area contributed by atoms with Crippen molar-refractivity contribution >= 4 is 11.6 Å². The smallest absolute Gasteiger partial charge is 0.196 e. The van der Waals surface area contributed by atoms with Crippen LogP contribution in [-0.4, -0.2) is 10.9 Å². The van der Waals surface area contributed by atoms with Gasteiger partial charge < -0.3 is 8.83 Å². The van der Waals surface area contributed by atoms with Crippen molar-refractivity contribution < 1.29 is 8.83 Å². The molecular weight excluding hydrogens is 202 g/mol. The molecule has 0 aliphatic carbocycles. The van der Waals surface area contributed by atoms with Crippen LogP contribution in [0.15, 0.2) is 27.4 Å². The third-order valence-electron chi connectivity index (χ3n) is 1.88. The Morgan fingerprint density at radius 3 is 3.00 bits per heavy atom. The molecule has 2 aromatic heterocycles. The van der Waals surface area contributed by atoms with Gasteiger partial charge in [-0.3, -0.25) is 0 Å². The van der Waals surface area contributed by atoms with E-state index in [1.807, 2.05) is 13.0 Å². The molecule has 4 heteroatoms. The lowest BCUT2D eigenvalue weighted by molar-refractivity contribution is 0.510. The molecule has 0 spiro atoms. The number of nitrogens with zero attached hydrogens (tertiary/aromatic N) is 1. The zero-order chi connectivity index (χ0) is 9.97. The fourth-order valence-electron chi connectivity index (χ4n) is 1.21. The quantitative estimate of drug-likeness (QED) is 0.733. The lowest BCUT2D eigenvalue weighted by atomic mass is 10.3. The lowest BCUT2D eigenvalue weighted by Crippen LogP contribution is -1.83. The molecule has 14 heavy (non-hydrogen) atoms. The molecule has 2 rings (SSSR count). The molecule has 2 aromatic rings. The van der Waals surface area contributed by atoms with Gasteiger partial charge in [-0.1, -0.05) is 0 Å². The third-order valence-corrected chi connectivity index (χ3v) is 2.07. The van der Waals surface area contributed by atoms with E-state index in [1.165, 1.54) is 0 Å². The topological polar surface area (TPSA) is 39.2 Å². The molecule has 0 unspecified atom stereocenters. The summed E-state index contributed by atoms with van der Waals surface area (Å²) in [5.41, 5.74) is 0.913. The van der Waals surface area contributed by atoms with Crippen molar-refractivity contribution in [3.8, 4) is 11.3 Å². The summed E-state index contributed by atoms with van der Waals surface area (Å²) in [6.45, 7) is 1.89. The Hall–Kier alpha value is -1.22. The Kier molecular flexibility index (Phi) is 2.59. The first-order valence-corrected chi connectivity index (χ1v) is 4.89. The van der Waals surface area contributed by atoms with Gasteiger partial charge in [0.1, 0.15) is 12.0 Å². The van der Waals surface area contributed by atoms with E-state index in [0.29, 0.717) is 18.2 Å². The minimum atomic E-state index is 0.518. The molecule has 0 aromatic carbocycles. The number of alkyl halides is 1. The Morgan fingerprint density at radius 1 is 1.50 bits per heavy atom. The van der Waals surface area contributed by atoms with Crippen LogP contribution in [0.5, 0.6) is 0 Å². The van der Waals surface area contributed by atoms with E-state index in [9.17, 15) is 0 Å². The molecule has 0 N–H and O–H groups in total. The fourth-order valence-corrected chi connectivity index (χ4v) is 1.37. The first-order chi connectivity index (χ1) is 6.79. The van der Waals surface area contributed by atoms with E-state index in [4.69, 9.17) is 20.4 Å². The minimum Gasteiger partial charge on any atom is -0.469 e. The molecule has 0 saturated heterocycles. The lowest BCUT2D eigenvalue weighted by Gasteiger charge is -1.88. The fraction of sp³-hybridized carbons (Fsp3) is 0.300. The number of hydrogen-bond donors (Lipinski definition) is 0. The molecule has 0 bridgehead atoms. The third kappa shape index (κ3) is 1.82. The maximum atomic E-state index is 5.58. The molecule has 0 atom stereocenters. The summed E-state index contributed by atoms with van der Waals surface area (Å²) in [7, 11) is 0. The highest BCUT2D eigenvalue weighted by Gasteiger charge is 2.07. The van der Waals surface area contributed by atoms with E-state index in [0.717, 1.165) is 17.1 Å². The molecule has 0 aliphatic heterocycles. The first-order valence-electron chi connectivity index (χ1n) is 4.36. The second kappa shape index (κ2) is 3.88. The zero-order valence-electron chi connectivity index (χ0n) is 7.79. The highest BCUT2D eigenvalue weighted by Crippen LogP contribution is 2.22. The predicted molar refractivity (Wildman–Crippen MR) is 53.4 cm³/mol. The van der Waals surface area contributed by atoms with Gasteiger partial charge in [0.15, 0.2) is 11.7 Å². The average Bonchev–Trinajstić information content (AvgIpc) is 2.74. The minimum absolute atomic E-state index is 0.518. The summed E-state index contributed by atoms with van der Waals surface area (Å²) < 4.78 is 10.6. The van der Waals surface area contributed by atoms with Crippen LogP contribution < -0.4 is 0 Å². The molecule has 0 aliphatic rings. The second-order valence-corrected chi connectivity index (χ2v) is 3.38. The molecule has 2 heterocycles. The number of aromatic nitrogens is 1. The molecule has 3 nitrogen and oxygen atoms in total. The Labute approximate surface area is 86.7 Å². The molecule has 0 fully saturated rings. The number of hydrogen-bond acceptors (Lipinski definition) is 3. The second-order valence-electron chi connectivity index (χ2n) is 3.00. The van der Waals surface area contributed by atoms with Crippen LogP contribution in [0.1, 0.15) is 11.7 Å². The van der Waals surface area contributed by atoms with Gasteiger partial charge in [0.25, 0.3) is 0 Å². The average molecular weight is 212 g/mol. The summed E-state index contributed by atoms with van der Waals surface area (Å²) in [6, 6.07) is 1.91. The van der Waals surface area contributed by atoms with Gasteiger partial charge in [0, 0.05) is 12.3 Å². The van der Waals surface area contributed by atoms with Crippen molar-refractivity contribution in [1.29, 1.82) is 0 Å². The van der Waals surface area contributed by atoms with Gasteiger partial charge in [-0.15, -0.1) is 11.6 Å². The van der Waals surface area contributed by atoms with Gasteiger partial charge in [-0.05, 0) is 13.0 Å². The van der Waals surface area contributed by atoms with E-state index >= 15 is 0 Å². The number of furan rings is 1. The van der Waals surface area contributed by atoms with Crippen molar-refractivity contribution in [3.63, 3.8) is 0 Å². The Morgan fingerprint density at radius 2 is 2.36 bits per heavy atom. The van der Waals surface area contributed by atoms with E-state index < -0.39 is 0 Å². The van der Waals surface area contributed by atoms with E-state index in [-0.39, 0.29) is 0 Å². The molecule has 0 amide bonds. The summed E-state index contributed by atoms with van der Waals surface area (Å²) in [6.07, 6.45) is 3.99. The van der Waals surface area contributed by atoms with Crippen LogP contribution in [0, 0.1) is 6.92 Å². The van der Waals surface area contributed by atoms with Gasteiger partial charge in [0.2, 0.25) is 0 Å². The molecule has 74 valence electrons. The van der Waals surface area contributed by atoms with Crippen LogP contribution in [0.3, 0.4) is 0 Å². The van der Waals surface area contributed by atoms with Crippen LogP contribution in [0.4, 0.5) is 0 Å². The predicted octanol–water partition coefficient (Wildman–Crippen LogP) is 3.02. The summed E-state index contributed by atoms with van der Waals surface area (Å²) in [5.74, 6) is 2.76. The van der Waals surface area contributed by atoms with Crippen molar-refractivity contribution in [2.75, 3.05) is 5.88 Å². The Bertz CT molecular complexity index is 419. The van der Waals surface area contributed by atoms with Gasteiger partial charge in [-0.25, -0.2) is 4.98 Å². The maximum Gasteiger partial charge on any atom is 0.196 e. The number of halogens is 1. The largest absolute Gasteiger partial charge is 0.469 e. The number of oxazole rings is 1. The highest BCUT2D eigenvalue weighted by molar-refractivity contribution is 6.17. The van der Waals surface area contributed by atoms with Crippen LogP contribution in [0.25, 0.3) is 11.3 Å². The van der Waals surface area contributed by atoms with Gasteiger partial charge in [-0.2, -0.15) is 0 Å². The Balaban J connectivity index is 2.24. The standard InChI is InChI=1S/C10H10ClNO2/c1-7-4-8(6-13-7)9-5-12-10(14-9)2-3-11/h4-6H,2-3H2,1H3. The van der Waals surface area contributed by atoms with Crippen molar-refractivity contribution in [1.82, 2.24) is 4.98 Å². The van der Waals surface area contributed by atoms with Crippen LogP contribution >= 0.6 is 11.6 Å². The monoisotopic (exact) mass is 211 g/mol. The highest BCUT2D eigenvalue weighted by atomic mass is 35.5. The summed E-state index contributed by atoms with van der Waals surface area (Å²) in [4.78, 5) is 4.10. The normalized spacial score (nSPS) is 10.7. The molecule has 0 saturated carbocycles. The van der Waals surface area contributed by atoms with Crippen LogP contribution in [-0.2, 0) is 6.42 Å². The molecular formula is C10H10ClNO2. The van der Waals surface area contributed by atoms with Gasteiger partial charge in [0.05, 0.1) is 11.8 Å². The SMILES string of the molecule is Cc1cc(-c2cnc(CCCl)o2)co1. The van der Waals surface area contributed by atoms with Crippen LogP contribution in [0.2, 0.25) is 0 Å². The zero-order valence-corrected chi connectivity index (χ0v) is 8.54. The summed E-state index contributed by atoms with van der Waals surface area (Å²) in [5, 5.41) is 0. The van der Waals surface area contributed by atoms with Crippen molar-refractivity contribution in [2.24, 2.45) is 0 Å². The number of aryl methyl sites for hydroxylation is 2. The molecule has 0 radical (unpaired) electrons. The van der Waals surface area contributed by atoms with Gasteiger partial charge >= 0.3 is 0 Å². The van der Waals surface area contributed by atoms with Crippen molar-refractivity contribution in [3.05, 3.63) is 30.2 Å². The van der Waals surface area contributed by atoms with E-state index in [1.54, 1.807) is 12.5 Å². The number of rotatable bonds is 3. The maximum absolute atomic E-state index is 5.58.